The van der Waals surface area contributed by atoms with Gasteiger partial charge in [-0.2, -0.15) is 13.2 Å². The van der Waals surface area contributed by atoms with E-state index in [1.165, 1.54) is 0 Å². The van der Waals surface area contributed by atoms with E-state index in [2.05, 4.69) is 0 Å². The summed E-state index contributed by atoms with van der Waals surface area (Å²) < 4.78 is 35.5. The Hall–Kier alpha value is -0.250. The van der Waals surface area contributed by atoms with Gasteiger partial charge in [0, 0.05) is 0 Å². The van der Waals surface area contributed by atoms with Crippen molar-refractivity contribution in [2.45, 2.75) is 38.9 Å². The van der Waals surface area contributed by atoms with Gasteiger partial charge in [0.25, 0.3) is 0 Å². The fraction of sp³-hybridized carbons (Fsp3) is 1.00. The molecule has 0 aliphatic rings. The number of halogens is 3. The minimum Gasteiger partial charge on any atom is -0.320 e. The molecule has 1 nitrogen and oxygen atoms in total. The van der Waals surface area contributed by atoms with Crippen molar-refractivity contribution < 1.29 is 13.2 Å². The van der Waals surface area contributed by atoms with Gasteiger partial charge in [0.15, 0.2) is 0 Å². The second kappa shape index (κ2) is 3.95. The molecular weight excluding hydrogens is 155 g/mol. The molecule has 0 heterocycles. The quantitative estimate of drug-likeness (QED) is 0.689. The van der Waals surface area contributed by atoms with E-state index in [1.807, 2.05) is 6.92 Å². The van der Waals surface area contributed by atoms with E-state index in [4.69, 9.17) is 5.73 Å². The SMILES string of the molecule is CCC(C)CC(N)C(F)(F)F. The molecule has 2 atom stereocenters. The molecule has 0 fully saturated rings. The highest BCUT2D eigenvalue weighted by Gasteiger charge is 2.36. The highest BCUT2D eigenvalue weighted by atomic mass is 19.4. The highest BCUT2D eigenvalue weighted by molar-refractivity contribution is 4.72. The van der Waals surface area contributed by atoms with Crippen LogP contribution < -0.4 is 5.73 Å². The minimum atomic E-state index is -4.23. The van der Waals surface area contributed by atoms with Gasteiger partial charge in [-0.15, -0.1) is 0 Å². The van der Waals surface area contributed by atoms with E-state index in [-0.39, 0.29) is 12.3 Å². The van der Waals surface area contributed by atoms with Crippen LogP contribution in [-0.2, 0) is 0 Å². The van der Waals surface area contributed by atoms with Crippen LogP contribution in [0.2, 0.25) is 0 Å². The van der Waals surface area contributed by atoms with Crippen LogP contribution in [-0.4, -0.2) is 12.2 Å². The molecule has 68 valence electrons. The molecule has 2 unspecified atom stereocenters. The predicted molar refractivity (Wildman–Crippen MR) is 38.1 cm³/mol. The fourth-order valence-electron chi connectivity index (χ4n) is 0.734. The lowest BCUT2D eigenvalue weighted by Crippen LogP contribution is -2.38. The predicted octanol–water partition coefficient (Wildman–Crippen LogP) is 2.31. The molecule has 0 saturated carbocycles. The molecule has 0 aliphatic heterocycles. The second-order valence-corrected chi connectivity index (χ2v) is 2.90. The van der Waals surface area contributed by atoms with Crippen LogP contribution in [0.1, 0.15) is 26.7 Å². The van der Waals surface area contributed by atoms with E-state index >= 15 is 0 Å². The second-order valence-electron chi connectivity index (χ2n) is 2.90. The maximum Gasteiger partial charge on any atom is 0.403 e. The Morgan fingerprint density at radius 3 is 2.09 bits per heavy atom. The Labute approximate surface area is 64.8 Å². The van der Waals surface area contributed by atoms with Crippen molar-refractivity contribution in [2.24, 2.45) is 11.7 Å². The van der Waals surface area contributed by atoms with Gasteiger partial charge in [0.2, 0.25) is 0 Å². The van der Waals surface area contributed by atoms with Crippen molar-refractivity contribution in [3.05, 3.63) is 0 Å². The smallest absolute Gasteiger partial charge is 0.320 e. The summed E-state index contributed by atoms with van der Waals surface area (Å²) in [6.07, 6.45) is -3.47. The lowest BCUT2D eigenvalue weighted by Gasteiger charge is -2.18. The first-order valence-corrected chi connectivity index (χ1v) is 3.70. The zero-order valence-electron chi connectivity index (χ0n) is 6.78. The van der Waals surface area contributed by atoms with Crippen molar-refractivity contribution in [2.75, 3.05) is 0 Å². The van der Waals surface area contributed by atoms with Gasteiger partial charge in [-0.25, -0.2) is 0 Å². The van der Waals surface area contributed by atoms with Crippen LogP contribution in [0.5, 0.6) is 0 Å². The molecule has 0 radical (unpaired) electrons. The Morgan fingerprint density at radius 2 is 1.82 bits per heavy atom. The third-order valence-electron chi connectivity index (χ3n) is 1.77. The summed E-state index contributed by atoms with van der Waals surface area (Å²) in [6, 6.07) is -1.66. The van der Waals surface area contributed by atoms with Crippen molar-refractivity contribution in [1.29, 1.82) is 0 Å². The molecule has 0 aromatic carbocycles. The van der Waals surface area contributed by atoms with Crippen LogP contribution in [0.3, 0.4) is 0 Å². The summed E-state index contributed by atoms with van der Waals surface area (Å²) in [5.74, 6) is 0.0478. The number of hydrogen-bond acceptors (Lipinski definition) is 1. The van der Waals surface area contributed by atoms with Crippen molar-refractivity contribution in [3.63, 3.8) is 0 Å². The molecule has 0 rings (SSSR count). The van der Waals surface area contributed by atoms with E-state index < -0.39 is 12.2 Å². The maximum atomic E-state index is 11.8. The zero-order chi connectivity index (χ0) is 9.07. The van der Waals surface area contributed by atoms with E-state index in [1.54, 1.807) is 6.92 Å². The normalized spacial score (nSPS) is 18.0. The summed E-state index contributed by atoms with van der Waals surface area (Å²) >= 11 is 0. The lowest BCUT2D eigenvalue weighted by atomic mass is 10.00. The third kappa shape index (κ3) is 4.24. The summed E-state index contributed by atoms with van der Waals surface area (Å²) in [4.78, 5) is 0. The largest absolute Gasteiger partial charge is 0.403 e. The first-order chi connectivity index (χ1) is 4.88. The van der Waals surface area contributed by atoms with Crippen molar-refractivity contribution in [1.82, 2.24) is 0 Å². The maximum absolute atomic E-state index is 11.8. The molecule has 2 N–H and O–H groups in total. The van der Waals surface area contributed by atoms with Crippen molar-refractivity contribution >= 4 is 0 Å². The zero-order valence-corrected chi connectivity index (χ0v) is 6.78. The van der Waals surface area contributed by atoms with Crippen LogP contribution >= 0.6 is 0 Å². The summed E-state index contributed by atoms with van der Waals surface area (Å²) in [5, 5.41) is 0. The number of alkyl halides is 3. The molecule has 0 aromatic rings. The van der Waals surface area contributed by atoms with Crippen LogP contribution in [0.25, 0.3) is 0 Å². The van der Waals surface area contributed by atoms with Gasteiger partial charge < -0.3 is 5.73 Å². The molecule has 4 heteroatoms. The summed E-state index contributed by atoms with van der Waals surface area (Å²) in [5.41, 5.74) is 4.90. The third-order valence-corrected chi connectivity index (χ3v) is 1.77. The lowest BCUT2D eigenvalue weighted by molar-refractivity contribution is -0.151. The van der Waals surface area contributed by atoms with Gasteiger partial charge in [0.05, 0.1) is 0 Å². The van der Waals surface area contributed by atoms with E-state index in [0.717, 1.165) is 6.42 Å². The average Bonchev–Trinajstić information content (AvgIpc) is 1.85. The summed E-state index contributed by atoms with van der Waals surface area (Å²) in [7, 11) is 0. The summed E-state index contributed by atoms with van der Waals surface area (Å²) in [6.45, 7) is 3.62. The topological polar surface area (TPSA) is 26.0 Å². The molecule has 0 aliphatic carbocycles. The van der Waals surface area contributed by atoms with E-state index in [0.29, 0.717) is 0 Å². The first-order valence-electron chi connectivity index (χ1n) is 3.70. The Morgan fingerprint density at radius 1 is 1.36 bits per heavy atom. The van der Waals surface area contributed by atoms with Gasteiger partial charge in [-0.3, -0.25) is 0 Å². The number of rotatable bonds is 3. The standard InChI is InChI=1S/C7H14F3N/c1-3-5(2)4-6(11)7(8,9)10/h5-6H,3-4,11H2,1-2H3. The number of nitrogens with two attached hydrogens (primary N) is 1. The van der Waals surface area contributed by atoms with Crippen LogP contribution in [0.4, 0.5) is 13.2 Å². The Balaban J connectivity index is 3.77. The Bertz CT molecular complexity index is 111. The van der Waals surface area contributed by atoms with E-state index in [9.17, 15) is 13.2 Å². The van der Waals surface area contributed by atoms with Crippen molar-refractivity contribution in [3.8, 4) is 0 Å². The fourth-order valence-corrected chi connectivity index (χ4v) is 0.734. The molecule has 0 saturated heterocycles. The minimum absolute atomic E-state index is 0.0278. The van der Waals surface area contributed by atoms with Crippen LogP contribution in [0, 0.1) is 5.92 Å². The van der Waals surface area contributed by atoms with Crippen LogP contribution in [0.15, 0.2) is 0 Å². The Kier molecular flexibility index (Phi) is 3.86. The van der Waals surface area contributed by atoms with Gasteiger partial charge in [-0.05, 0) is 12.3 Å². The highest BCUT2D eigenvalue weighted by Crippen LogP contribution is 2.23. The molecule has 0 aromatic heterocycles. The number of hydrogen-bond donors (Lipinski definition) is 1. The monoisotopic (exact) mass is 169 g/mol. The van der Waals surface area contributed by atoms with Gasteiger partial charge in [-0.1, -0.05) is 20.3 Å². The molecule has 0 amide bonds. The molecule has 0 bridgehead atoms. The molecule has 11 heavy (non-hydrogen) atoms. The molecule has 0 spiro atoms. The van der Waals surface area contributed by atoms with Gasteiger partial charge >= 0.3 is 6.18 Å². The van der Waals surface area contributed by atoms with Gasteiger partial charge in [0.1, 0.15) is 6.04 Å². The average molecular weight is 169 g/mol. The molecular formula is C7H14F3N. The first kappa shape index (κ1) is 10.8.